The lowest BCUT2D eigenvalue weighted by molar-refractivity contribution is 0.198. The number of rotatable bonds is 5. The van der Waals surface area contributed by atoms with Gasteiger partial charge in [-0.25, -0.2) is 0 Å². The van der Waals surface area contributed by atoms with Gasteiger partial charge in [-0.2, -0.15) is 0 Å². The first kappa shape index (κ1) is 15.1. The molecule has 3 nitrogen and oxygen atoms in total. The van der Waals surface area contributed by atoms with Crippen LogP contribution in [0.15, 0.2) is 42.5 Å². The number of aliphatic hydroxyl groups excluding tert-OH is 1. The minimum atomic E-state index is -0.519. The minimum absolute atomic E-state index is 0.487. The third-order valence-corrected chi connectivity index (χ3v) is 3.70. The van der Waals surface area contributed by atoms with E-state index in [0.29, 0.717) is 18.1 Å². The maximum atomic E-state index is 9.57. The standard InChI is InChI=1S/C16H17IO3/c1-11(18)13-5-8-15(16(9-13)19-2)20-10-12-3-6-14(17)7-4-12/h3-9,11,18H,10H2,1-2H3/t11-/m1/s1. The predicted molar refractivity (Wildman–Crippen MR) is 87.1 cm³/mol. The largest absolute Gasteiger partial charge is 0.493 e. The van der Waals surface area contributed by atoms with Gasteiger partial charge in [0.15, 0.2) is 11.5 Å². The lowest BCUT2D eigenvalue weighted by atomic mass is 10.1. The van der Waals surface area contributed by atoms with Crippen LogP contribution >= 0.6 is 22.6 Å². The Balaban J connectivity index is 2.10. The summed E-state index contributed by atoms with van der Waals surface area (Å²) < 4.78 is 12.3. The van der Waals surface area contributed by atoms with Gasteiger partial charge in [0, 0.05) is 3.57 Å². The van der Waals surface area contributed by atoms with Gasteiger partial charge in [-0.1, -0.05) is 18.2 Å². The van der Waals surface area contributed by atoms with Gasteiger partial charge in [-0.15, -0.1) is 0 Å². The molecule has 2 aromatic rings. The van der Waals surface area contributed by atoms with Crippen LogP contribution in [0.1, 0.15) is 24.2 Å². The van der Waals surface area contributed by atoms with Gasteiger partial charge >= 0.3 is 0 Å². The zero-order chi connectivity index (χ0) is 14.5. The highest BCUT2D eigenvalue weighted by molar-refractivity contribution is 14.1. The molecule has 0 spiro atoms. The second-order valence-electron chi connectivity index (χ2n) is 4.50. The normalized spacial score (nSPS) is 12.0. The van der Waals surface area contributed by atoms with E-state index in [0.717, 1.165) is 11.1 Å². The molecule has 0 bridgehead atoms. The smallest absolute Gasteiger partial charge is 0.161 e. The Labute approximate surface area is 132 Å². The molecule has 0 saturated carbocycles. The molecule has 0 fully saturated rings. The average Bonchev–Trinajstić information content (AvgIpc) is 2.46. The van der Waals surface area contributed by atoms with E-state index in [1.807, 2.05) is 36.4 Å². The van der Waals surface area contributed by atoms with Crippen molar-refractivity contribution >= 4 is 22.6 Å². The number of hydrogen-bond donors (Lipinski definition) is 1. The van der Waals surface area contributed by atoms with E-state index in [9.17, 15) is 5.11 Å². The molecular formula is C16H17IO3. The Morgan fingerprint density at radius 1 is 1.10 bits per heavy atom. The van der Waals surface area contributed by atoms with E-state index in [1.54, 1.807) is 20.1 Å². The van der Waals surface area contributed by atoms with E-state index >= 15 is 0 Å². The van der Waals surface area contributed by atoms with Gasteiger partial charge in [0.25, 0.3) is 0 Å². The van der Waals surface area contributed by atoms with Crippen LogP contribution in [-0.2, 0) is 6.61 Å². The predicted octanol–water partition coefficient (Wildman–Crippen LogP) is 3.93. The molecule has 0 aromatic heterocycles. The highest BCUT2D eigenvalue weighted by atomic mass is 127. The summed E-state index contributed by atoms with van der Waals surface area (Å²) in [5.74, 6) is 1.31. The van der Waals surface area contributed by atoms with Crippen molar-refractivity contribution in [2.24, 2.45) is 0 Å². The van der Waals surface area contributed by atoms with Gasteiger partial charge < -0.3 is 14.6 Å². The molecule has 106 valence electrons. The van der Waals surface area contributed by atoms with Gasteiger partial charge in [-0.3, -0.25) is 0 Å². The molecule has 0 aliphatic rings. The molecule has 1 atom stereocenters. The third kappa shape index (κ3) is 3.86. The average molecular weight is 384 g/mol. The lowest BCUT2D eigenvalue weighted by Gasteiger charge is -2.13. The van der Waals surface area contributed by atoms with E-state index in [4.69, 9.17) is 9.47 Å². The van der Waals surface area contributed by atoms with Crippen LogP contribution in [0, 0.1) is 3.57 Å². The maximum absolute atomic E-state index is 9.57. The second kappa shape index (κ2) is 6.95. The number of aliphatic hydroxyl groups is 1. The highest BCUT2D eigenvalue weighted by Crippen LogP contribution is 2.30. The summed E-state index contributed by atoms with van der Waals surface area (Å²) in [5, 5.41) is 9.57. The Morgan fingerprint density at radius 2 is 1.80 bits per heavy atom. The molecule has 0 aliphatic carbocycles. The van der Waals surface area contributed by atoms with Crippen molar-refractivity contribution in [1.29, 1.82) is 0 Å². The van der Waals surface area contributed by atoms with Crippen LogP contribution in [-0.4, -0.2) is 12.2 Å². The summed E-state index contributed by atoms with van der Waals surface area (Å²) in [6.45, 7) is 2.21. The van der Waals surface area contributed by atoms with Gasteiger partial charge in [0.05, 0.1) is 13.2 Å². The van der Waals surface area contributed by atoms with Gasteiger partial charge in [0.1, 0.15) is 6.61 Å². The van der Waals surface area contributed by atoms with Crippen molar-refractivity contribution in [2.45, 2.75) is 19.6 Å². The summed E-state index contributed by atoms with van der Waals surface area (Å²) in [5.41, 5.74) is 1.91. The number of ether oxygens (including phenoxy) is 2. The molecule has 0 saturated heterocycles. The number of hydrogen-bond acceptors (Lipinski definition) is 3. The molecule has 2 aromatic carbocycles. The van der Waals surface area contributed by atoms with Crippen molar-refractivity contribution in [3.8, 4) is 11.5 Å². The summed E-state index contributed by atoms with van der Waals surface area (Å²) in [4.78, 5) is 0. The summed E-state index contributed by atoms with van der Waals surface area (Å²) >= 11 is 2.27. The van der Waals surface area contributed by atoms with Crippen molar-refractivity contribution in [1.82, 2.24) is 0 Å². The van der Waals surface area contributed by atoms with E-state index in [-0.39, 0.29) is 0 Å². The van der Waals surface area contributed by atoms with Crippen molar-refractivity contribution in [2.75, 3.05) is 7.11 Å². The van der Waals surface area contributed by atoms with Crippen LogP contribution in [0.3, 0.4) is 0 Å². The topological polar surface area (TPSA) is 38.7 Å². The first-order valence-electron chi connectivity index (χ1n) is 6.33. The monoisotopic (exact) mass is 384 g/mol. The zero-order valence-corrected chi connectivity index (χ0v) is 13.6. The fraction of sp³-hybridized carbons (Fsp3) is 0.250. The molecule has 0 aliphatic heterocycles. The van der Waals surface area contributed by atoms with Crippen molar-refractivity contribution in [3.05, 3.63) is 57.2 Å². The molecular weight excluding hydrogens is 367 g/mol. The number of halogens is 1. The summed E-state index contributed by atoms with van der Waals surface area (Å²) in [6, 6.07) is 13.6. The Hall–Kier alpha value is -1.27. The van der Waals surface area contributed by atoms with E-state index < -0.39 is 6.10 Å². The van der Waals surface area contributed by atoms with Crippen LogP contribution in [0.2, 0.25) is 0 Å². The third-order valence-electron chi connectivity index (χ3n) is 2.98. The van der Waals surface area contributed by atoms with E-state index in [1.165, 1.54) is 3.57 Å². The quantitative estimate of drug-likeness (QED) is 0.794. The van der Waals surface area contributed by atoms with Crippen LogP contribution < -0.4 is 9.47 Å². The molecule has 20 heavy (non-hydrogen) atoms. The van der Waals surface area contributed by atoms with Crippen molar-refractivity contribution in [3.63, 3.8) is 0 Å². The van der Waals surface area contributed by atoms with Gasteiger partial charge in [0.2, 0.25) is 0 Å². The molecule has 2 rings (SSSR count). The van der Waals surface area contributed by atoms with Crippen LogP contribution in [0.25, 0.3) is 0 Å². The SMILES string of the molecule is COc1cc([C@@H](C)O)ccc1OCc1ccc(I)cc1. The first-order valence-corrected chi connectivity index (χ1v) is 7.41. The van der Waals surface area contributed by atoms with E-state index in [2.05, 4.69) is 22.6 Å². The summed E-state index contributed by atoms with van der Waals surface area (Å²) in [7, 11) is 1.60. The molecule has 0 radical (unpaired) electrons. The Bertz CT molecular complexity index is 564. The number of benzene rings is 2. The minimum Gasteiger partial charge on any atom is -0.493 e. The molecule has 4 heteroatoms. The lowest BCUT2D eigenvalue weighted by Crippen LogP contribution is -1.99. The fourth-order valence-corrected chi connectivity index (χ4v) is 2.16. The van der Waals surface area contributed by atoms with Crippen LogP contribution in [0.5, 0.6) is 11.5 Å². The van der Waals surface area contributed by atoms with Crippen molar-refractivity contribution < 1.29 is 14.6 Å². The number of methoxy groups -OCH3 is 1. The Kier molecular flexibility index (Phi) is 5.25. The summed E-state index contributed by atoms with van der Waals surface area (Å²) in [6.07, 6.45) is -0.519. The molecule has 0 unspecified atom stereocenters. The fourth-order valence-electron chi connectivity index (χ4n) is 1.80. The Morgan fingerprint density at radius 3 is 2.40 bits per heavy atom. The highest BCUT2D eigenvalue weighted by Gasteiger charge is 2.09. The maximum Gasteiger partial charge on any atom is 0.161 e. The zero-order valence-electron chi connectivity index (χ0n) is 11.5. The molecule has 0 heterocycles. The van der Waals surface area contributed by atoms with Crippen LogP contribution in [0.4, 0.5) is 0 Å². The molecule has 1 N–H and O–H groups in total. The first-order chi connectivity index (χ1) is 9.60. The van der Waals surface area contributed by atoms with Gasteiger partial charge in [-0.05, 0) is 64.9 Å². The second-order valence-corrected chi connectivity index (χ2v) is 5.75. The molecule has 0 amide bonds.